The lowest BCUT2D eigenvalue weighted by molar-refractivity contribution is 0.0946. The minimum atomic E-state index is -0.172. The van der Waals surface area contributed by atoms with E-state index in [1.54, 1.807) is 12.1 Å². The lowest BCUT2D eigenvalue weighted by atomic mass is 10.1. The van der Waals surface area contributed by atoms with E-state index in [0.29, 0.717) is 17.3 Å². The third-order valence-electron chi connectivity index (χ3n) is 4.68. The van der Waals surface area contributed by atoms with Crippen molar-refractivity contribution < 1.29 is 14.1 Å². The quantitative estimate of drug-likeness (QED) is 0.735. The molecule has 0 aliphatic carbocycles. The molecular weight excluding hydrogens is 356 g/mol. The zero-order valence-electron chi connectivity index (χ0n) is 15.7. The van der Waals surface area contributed by atoms with Gasteiger partial charge in [0, 0.05) is 29.9 Å². The van der Waals surface area contributed by atoms with Crippen LogP contribution in [-0.2, 0) is 11.3 Å². The Kier molecular flexibility index (Phi) is 5.34. The Bertz CT molecular complexity index is 929. The van der Waals surface area contributed by atoms with Gasteiger partial charge < -0.3 is 19.5 Å². The molecule has 3 aromatic rings. The molecule has 1 aromatic heterocycles. The summed E-state index contributed by atoms with van der Waals surface area (Å²) in [7, 11) is 0. The van der Waals surface area contributed by atoms with Gasteiger partial charge in [0.15, 0.2) is 0 Å². The highest BCUT2D eigenvalue weighted by Gasteiger charge is 2.13. The highest BCUT2D eigenvalue weighted by atomic mass is 16.5. The second-order valence-corrected chi connectivity index (χ2v) is 6.71. The van der Waals surface area contributed by atoms with Gasteiger partial charge in [0.05, 0.1) is 19.8 Å². The maximum Gasteiger partial charge on any atom is 0.251 e. The summed E-state index contributed by atoms with van der Waals surface area (Å²) < 4.78 is 10.7. The molecular formula is C21H22N4O3. The number of benzene rings is 2. The number of hydrogen-bond donors (Lipinski definition) is 1. The van der Waals surface area contributed by atoms with E-state index in [0.717, 1.165) is 43.1 Å². The number of carbonyl (C=O) groups is 1. The summed E-state index contributed by atoms with van der Waals surface area (Å²) in [6, 6.07) is 15.4. The van der Waals surface area contributed by atoms with E-state index in [2.05, 4.69) is 32.5 Å². The average molecular weight is 378 g/mol. The van der Waals surface area contributed by atoms with Gasteiger partial charge in [-0.2, -0.15) is 4.98 Å². The van der Waals surface area contributed by atoms with Gasteiger partial charge >= 0.3 is 0 Å². The number of hydrogen-bond acceptors (Lipinski definition) is 6. The predicted octanol–water partition coefficient (Wildman–Crippen LogP) is 2.81. The van der Waals surface area contributed by atoms with Crippen LogP contribution in [0.1, 0.15) is 21.8 Å². The van der Waals surface area contributed by atoms with E-state index >= 15 is 0 Å². The van der Waals surface area contributed by atoms with Crippen LogP contribution >= 0.6 is 0 Å². The topological polar surface area (TPSA) is 80.5 Å². The Morgan fingerprint density at radius 3 is 2.50 bits per heavy atom. The third-order valence-corrected chi connectivity index (χ3v) is 4.68. The first-order valence-electron chi connectivity index (χ1n) is 9.29. The summed E-state index contributed by atoms with van der Waals surface area (Å²) in [5, 5.41) is 6.82. The number of rotatable bonds is 5. The number of aromatic nitrogens is 2. The first-order valence-corrected chi connectivity index (χ1v) is 9.29. The minimum Gasteiger partial charge on any atom is -0.378 e. The van der Waals surface area contributed by atoms with Gasteiger partial charge in [0.25, 0.3) is 5.91 Å². The number of amides is 1. The molecule has 0 spiro atoms. The fourth-order valence-electron chi connectivity index (χ4n) is 3.05. The molecule has 0 atom stereocenters. The molecule has 7 nitrogen and oxygen atoms in total. The van der Waals surface area contributed by atoms with Crippen LogP contribution in [0.25, 0.3) is 11.4 Å². The summed E-state index contributed by atoms with van der Waals surface area (Å²) in [6.07, 6.45) is 0. The second-order valence-electron chi connectivity index (χ2n) is 6.71. The van der Waals surface area contributed by atoms with E-state index in [1.807, 2.05) is 31.2 Å². The monoisotopic (exact) mass is 378 g/mol. The van der Waals surface area contributed by atoms with Crippen LogP contribution in [0.5, 0.6) is 0 Å². The van der Waals surface area contributed by atoms with E-state index in [9.17, 15) is 4.79 Å². The van der Waals surface area contributed by atoms with Gasteiger partial charge in [-0.3, -0.25) is 4.79 Å². The maximum atomic E-state index is 12.2. The molecule has 1 N–H and O–H groups in total. The van der Waals surface area contributed by atoms with E-state index in [1.165, 1.54) is 0 Å². The largest absolute Gasteiger partial charge is 0.378 e. The molecule has 7 heteroatoms. The van der Waals surface area contributed by atoms with Gasteiger partial charge in [-0.1, -0.05) is 22.9 Å². The molecule has 0 radical (unpaired) electrons. The van der Waals surface area contributed by atoms with Crippen molar-refractivity contribution in [1.82, 2.24) is 15.5 Å². The zero-order chi connectivity index (χ0) is 19.3. The summed E-state index contributed by atoms with van der Waals surface area (Å²) in [5.74, 6) is 0.704. The van der Waals surface area contributed by atoms with Crippen molar-refractivity contribution in [1.29, 1.82) is 0 Å². The number of nitrogens with one attached hydrogen (secondary N) is 1. The van der Waals surface area contributed by atoms with Gasteiger partial charge in [-0.15, -0.1) is 0 Å². The Labute approximate surface area is 163 Å². The molecule has 1 aliphatic rings. The Hall–Kier alpha value is -3.19. The number of aryl methyl sites for hydroxylation is 1. The Morgan fingerprint density at radius 1 is 1.07 bits per heavy atom. The lowest BCUT2D eigenvalue weighted by Crippen LogP contribution is -2.36. The van der Waals surface area contributed by atoms with Crippen molar-refractivity contribution in [3.8, 4) is 11.4 Å². The van der Waals surface area contributed by atoms with Crippen molar-refractivity contribution in [2.45, 2.75) is 13.5 Å². The Morgan fingerprint density at radius 2 is 1.79 bits per heavy atom. The average Bonchev–Trinajstić information content (AvgIpc) is 3.22. The van der Waals surface area contributed by atoms with Crippen LogP contribution in [0.15, 0.2) is 53.1 Å². The highest BCUT2D eigenvalue weighted by Crippen LogP contribution is 2.22. The smallest absolute Gasteiger partial charge is 0.251 e. The summed E-state index contributed by atoms with van der Waals surface area (Å²) in [6.45, 7) is 5.47. The third kappa shape index (κ3) is 4.20. The van der Waals surface area contributed by atoms with Crippen LogP contribution < -0.4 is 10.2 Å². The molecule has 0 unspecified atom stereocenters. The van der Waals surface area contributed by atoms with E-state index < -0.39 is 0 Å². The number of ether oxygens (including phenoxy) is 1. The molecule has 4 rings (SSSR count). The molecule has 1 aliphatic heterocycles. The molecule has 144 valence electrons. The normalized spacial score (nSPS) is 14.1. The van der Waals surface area contributed by atoms with Crippen LogP contribution in [0.4, 0.5) is 5.69 Å². The fourth-order valence-corrected chi connectivity index (χ4v) is 3.05. The van der Waals surface area contributed by atoms with Crippen molar-refractivity contribution in [3.63, 3.8) is 0 Å². The molecule has 28 heavy (non-hydrogen) atoms. The van der Waals surface area contributed by atoms with Crippen LogP contribution in [-0.4, -0.2) is 42.4 Å². The molecule has 1 saturated heterocycles. The van der Waals surface area contributed by atoms with Crippen LogP contribution in [0, 0.1) is 6.92 Å². The van der Waals surface area contributed by atoms with Crippen molar-refractivity contribution in [3.05, 3.63) is 65.5 Å². The lowest BCUT2D eigenvalue weighted by Gasteiger charge is -2.28. The molecule has 2 aromatic carbocycles. The van der Waals surface area contributed by atoms with Crippen LogP contribution in [0.3, 0.4) is 0 Å². The van der Waals surface area contributed by atoms with Crippen LogP contribution in [0.2, 0.25) is 0 Å². The first-order chi connectivity index (χ1) is 13.7. The molecule has 0 bridgehead atoms. The number of morpholine rings is 1. The SMILES string of the molecule is Cc1ccc(C(=O)NCc2nc(-c3ccc(N4CCOCC4)cc3)no2)cc1. The van der Waals surface area contributed by atoms with Gasteiger partial charge in [0.2, 0.25) is 11.7 Å². The van der Waals surface area contributed by atoms with Crippen molar-refractivity contribution >= 4 is 11.6 Å². The van der Waals surface area contributed by atoms with Gasteiger partial charge in [0.1, 0.15) is 0 Å². The Balaban J connectivity index is 1.37. The standard InChI is InChI=1S/C21H22N4O3/c1-15-2-4-17(5-3-15)21(26)22-14-19-23-20(24-28-19)16-6-8-18(9-7-16)25-10-12-27-13-11-25/h2-9H,10-14H2,1H3,(H,22,26). The summed E-state index contributed by atoms with van der Waals surface area (Å²) >= 11 is 0. The number of anilines is 1. The highest BCUT2D eigenvalue weighted by molar-refractivity contribution is 5.94. The summed E-state index contributed by atoms with van der Waals surface area (Å²) in [4.78, 5) is 18.8. The van der Waals surface area contributed by atoms with E-state index in [4.69, 9.17) is 9.26 Å². The minimum absolute atomic E-state index is 0.172. The molecule has 0 saturated carbocycles. The maximum absolute atomic E-state index is 12.2. The fraction of sp³-hybridized carbons (Fsp3) is 0.286. The second kappa shape index (κ2) is 8.22. The molecule has 1 fully saturated rings. The number of nitrogens with zero attached hydrogens (tertiary/aromatic N) is 3. The van der Waals surface area contributed by atoms with Gasteiger partial charge in [-0.25, -0.2) is 0 Å². The van der Waals surface area contributed by atoms with Gasteiger partial charge in [-0.05, 0) is 43.3 Å². The van der Waals surface area contributed by atoms with E-state index in [-0.39, 0.29) is 12.5 Å². The number of carbonyl (C=O) groups excluding carboxylic acids is 1. The van der Waals surface area contributed by atoms with Crippen molar-refractivity contribution in [2.75, 3.05) is 31.2 Å². The zero-order valence-corrected chi connectivity index (χ0v) is 15.7. The van der Waals surface area contributed by atoms with Crippen molar-refractivity contribution in [2.24, 2.45) is 0 Å². The molecule has 2 heterocycles. The summed E-state index contributed by atoms with van der Waals surface area (Å²) in [5.41, 5.74) is 3.74. The molecule has 1 amide bonds. The first kappa shape index (κ1) is 18.2. The predicted molar refractivity (Wildman–Crippen MR) is 105 cm³/mol.